The van der Waals surface area contributed by atoms with Crippen LogP contribution in [-0.4, -0.2) is 34.1 Å². The highest BCUT2D eigenvalue weighted by Gasteiger charge is 2.43. The molecular weight excluding hydrogens is 270 g/mol. The van der Waals surface area contributed by atoms with Crippen LogP contribution in [0.5, 0.6) is 0 Å². The molecule has 6 nitrogen and oxygen atoms in total. The van der Waals surface area contributed by atoms with Crippen molar-refractivity contribution >= 4 is 17.7 Å². The first-order valence-corrected chi connectivity index (χ1v) is 6.79. The van der Waals surface area contributed by atoms with Crippen LogP contribution in [0.15, 0.2) is 24.3 Å². The second-order valence-electron chi connectivity index (χ2n) is 5.31. The molecule has 1 saturated heterocycles. The van der Waals surface area contributed by atoms with Crippen molar-refractivity contribution in [2.45, 2.75) is 31.7 Å². The van der Waals surface area contributed by atoms with Gasteiger partial charge in [-0.3, -0.25) is 0 Å². The van der Waals surface area contributed by atoms with Gasteiger partial charge in [0.25, 0.3) is 0 Å². The second kappa shape index (κ2) is 5.83. The molecule has 1 atom stereocenters. The minimum atomic E-state index is -1.17. The van der Waals surface area contributed by atoms with E-state index >= 15 is 0 Å². The monoisotopic (exact) mass is 287 g/mol. The third-order valence-electron chi connectivity index (χ3n) is 3.86. The van der Waals surface area contributed by atoms with Crippen molar-refractivity contribution in [3.63, 3.8) is 0 Å². The smallest absolute Gasteiger partial charge is 0.329 e. The Morgan fingerprint density at radius 1 is 1.33 bits per heavy atom. The van der Waals surface area contributed by atoms with E-state index in [4.69, 9.17) is 5.26 Å². The molecule has 0 radical (unpaired) electrons. The number of carboxylic acids is 1. The number of hydrogen-bond donors (Lipinski definition) is 2. The van der Waals surface area contributed by atoms with E-state index in [0.717, 1.165) is 12.8 Å². The zero-order valence-electron chi connectivity index (χ0n) is 11.8. The maximum atomic E-state index is 12.3. The zero-order chi connectivity index (χ0) is 15.5. The first kappa shape index (κ1) is 14.9. The third-order valence-corrected chi connectivity index (χ3v) is 3.86. The molecule has 0 spiro atoms. The summed E-state index contributed by atoms with van der Waals surface area (Å²) in [6.45, 7) is 2.00. The first-order valence-electron chi connectivity index (χ1n) is 6.79. The number of benzene rings is 1. The van der Waals surface area contributed by atoms with Crippen LogP contribution < -0.4 is 5.32 Å². The number of carbonyl (C=O) groups excluding carboxylic acids is 1. The molecule has 21 heavy (non-hydrogen) atoms. The van der Waals surface area contributed by atoms with Crippen LogP contribution in [0.3, 0.4) is 0 Å². The minimum Gasteiger partial charge on any atom is -0.480 e. The maximum Gasteiger partial charge on any atom is 0.329 e. The second-order valence-corrected chi connectivity index (χ2v) is 5.31. The molecule has 1 aromatic carbocycles. The van der Waals surface area contributed by atoms with Crippen LogP contribution in [0, 0.1) is 11.3 Å². The molecule has 0 aliphatic carbocycles. The van der Waals surface area contributed by atoms with Crippen molar-refractivity contribution in [1.29, 1.82) is 5.26 Å². The molecule has 2 rings (SSSR count). The van der Waals surface area contributed by atoms with Crippen molar-refractivity contribution in [1.82, 2.24) is 4.90 Å². The number of hydrogen-bond acceptors (Lipinski definition) is 3. The van der Waals surface area contributed by atoms with Gasteiger partial charge in [0.1, 0.15) is 5.54 Å². The van der Waals surface area contributed by atoms with Gasteiger partial charge in [0.2, 0.25) is 0 Å². The van der Waals surface area contributed by atoms with Gasteiger partial charge in [-0.25, -0.2) is 9.59 Å². The van der Waals surface area contributed by atoms with Gasteiger partial charge in [-0.2, -0.15) is 5.26 Å². The number of piperidine rings is 1. The van der Waals surface area contributed by atoms with Gasteiger partial charge in [-0.1, -0.05) is 0 Å². The summed E-state index contributed by atoms with van der Waals surface area (Å²) < 4.78 is 0. The standard InChI is InChI=1S/C15H17N3O3/c1-15(13(19)20)8-2-3-9-18(15)14(21)17-12-6-4-11(10-16)5-7-12/h4-7H,2-3,8-9H2,1H3,(H,17,21)(H,19,20). The zero-order valence-corrected chi connectivity index (χ0v) is 11.8. The first-order chi connectivity index (χ1) is 9.97. The molecule has 1 aromatic rings. The average Bonchev–Trinajstić information content (AvgIpc) is 2.48. The lowest BCUT2D eigenvalue weighted by Crippen LogP contribution is -2.58. The highest BCUT2D eigenvalue weighted by atomic mass is 16.4. The Hall–Kier alpha value is -2.55. The summed E-state index contributed by atoms with van der Waals surface area (Å²) in [5.41, 5.74) is -0.131. The highest BCUT2D eigenvalue weighted by Crippen LogP contribution is 2.29. The van der Waals surface area contributed by atoms with E-state index in [-0.39, 0.29) is 0 Å². The lowest BCUT2D eigenvalue weighted by Gasteiger charge is -2.41. The van der Waals surface area contributed by atoms with Gasteiger partial charge in [0.15, 0.2) is 0 Å². The van der Waals surface area contributed by atoms with Crippen molar-refractivity contribution in [3.8, 4) is 6.07 Å². The number of nitrogens with one attached hydrogen (secondary N) is 1. The van der Waals surface area contributed by atoms with Gasteiger partial charge in [0, 0.05) is 12.2 Å². The number of carboxylic acid groups (broad SMARTS) is 1. The molecule has 2 amide bonds. The molecular formula is C15H17N3O3. The van der Waals surface area contributed by atoms with Crippen LogP contribution in [0.4, 0.5) is 10.5 Å². The molecule has 0 aromatic heterocycles. The van der Waals surface area contributed by atoms with Gasteiger partial charge < -0.3 is 15.3 Å². The largest absolute Gasteiger partial charge is 0.480 e. The quantitative estimate of drug-likeness (QED) is 0.873. The Morgan fingerprint density at radius 2 is 2.00 bits per heavy atom. The SMILES string of the molecule is CC1(C(=O)O)CCCCN1C(=O)Nc1ccc(C#N)cc1. The predicted molar refractivity (Wildman–Crippen MR) is 76.8 cm³/mol. The van der Waals surface area contributed by atoms with E-state index in [9.17, 15) is 14.7 Å². The predicted octanol–water partition coefficient (Wildman–Crippen LogP) is 2.42. The van der Waals surface area contributed by atoms with Crippen molar-refractivity contribution in [2.75, 3.05) is 11.9 Å². The number of aliphatic carboxylic acids is 1. The van der Waals surface area contributed by atoms with Gasteiger partial charge in [-0.05, 0) is 50.5 Å². The average molecular weight is 287 g/mol. The normalized spacial score (nSPS) is 21.4. The third kappa shape index (κ3) is 2.97. The van der Waals surface area contributed by atoms with Crippen LogP contribution in [0.1, 0.15) is 31.7 Å². The Morgan fingerprint density at radius 3 is 2.57 bits per heavy atom. The summed E-state index contributed by atoms with van der Waals surface area (Å²) in [4.78, 5) is 25.2. The summed E-state index contributed by atoms with van der Waals surface area (Å²) in [7, 11) is 0. The topological polar surface area (TPSA) is 93.4 Å². The molecule has 1 fully saturated rings. The molecule has 110 valence electrons. The Bertz CT molecular complexity index is 591. The van der Waals surface area contributed by atoms with Crippen LogP contribution in [0.2, 0.25) is 0 Å². The Labute approximate surface area is 123 Å². The van der Waals surface area contributed by atoms with Gasteiger partial charge in [0.05, 0.1) is 11.6 Å². The number of carbonyl (C=O) groups is 2. The molecule has 6 heteroatoms. The minimum absolute atomic E-state index is 0.422. The van der Waals surface area contributed by atoms with E-state index in [1.165, 1.54) is 4.90 Å². The fraction of sp³-hybridized carbons (Fsp3) is 0.400. The summed E-state index contributed by atoms with van der Waals surface area (Å²) in [5, 5.41) is 20.8. The Kier molecular flexibility index (Phi) is 4.13. The fourth-order valence-corrected chi connectivity index (χ4v) is 2.49. The number of nitriles is 1. The molecule has 0 bridgehead atoms. The van der Waals surface area contributed by atoms with E-state index in [1.54, 1.807) is 31.2 Å². The summed E-state index contributed by atoms with van der Waals surface area (Å²) in [6, 6.07) is 8.02. The number of rotatable bonds is 2. The molecule has 1 unspecified atom stereocenters. The molecule has 2 N–H and O–H groups in total. The molecule has 1 aliphatic heterocycles. The van der Waals surface area contributed by atoms with Gasteiger partial charge in [-0.15, -0.1) is 0 Å². The number of amides is 2. The lowest BCUT2D eigenvalue weighted by atomic mass is 9.89. The lowest BCUT2D eigenvalue weighted by molar-refractivity contribution is -0.150. The molecule has 1 heterocycles. The van der Waals surface area contributed by atoms with Crippen LogP contribution >= 0.6 is 0 Å². The summed E-state index contributed by atoms with van der Waals surface area (Å²) >= 11 is 0. The molecule has 0 saturated carbocycles. The van der Waals surface area contributed by atoms with E-state index < -0.39 is 17.5 Å². The summed E-state index contributed by atoms with van der Waals surface area (Å²) in [6.07, 6.45) is 2.04. The van der Waals surface area contributed by atoms with E-state index in [1.807, 2.05) is 6.07 Å². The maximum absolute atomic E-state index is 12.3. The number of likely N-dealkylation sites (tertiary alicyclic amines) is 1. The van der Waals surface area contributed by atoms with Crippen molar-refractivity contribution in [2.24, 2.45) is 0 Å². The van der Waals surface area contributed by atoms with Crippen molar-refractivity contribution in [3.05, 3.63) is 29.8 Å². The number of urea groups is 1. The highest BCUT2D eigenvalue weighted by molar-refractivity contribution is 5.94. The number of anilines is 1. The van der Waals surface area contributed by atoms with E-state index in [0.29, 0.717) is 24.2 Å². The number of nitrogens with zero attached hydrogens (tertiary/aromatic N) is 2. The van der Waals surface area contributed by atoms with Crippen LogP contribution in [0.25, 0.3) is 0 Å². The Balaban J connectivity index is 2.14. The fourth-order valence-electron chi connectivity index (χ4n) is 2.49. The van der Waals surface area contributed by atoms with Gasteiger partial charge >= 0.3 is 12.0 Å². The summed E-state index contributed by atoms with van der Waals surface area (Å²) in [5.74, 6) is -0.989. The van der Waals surface area contributed by atoms with Crippen molar-refractivity contribution < 1.29 is 14.7 Å². The van der Waals surface area contributed by atoms with E-state index in [2.05, 4.69) is 5.32 Å². The van der Waals surface area contributed by atoms with Crippen LogP contribution in [-0.2, 0) is 4.79 Å². The molecule has 1 aliphatic rings.